The molecule has 1 aromatic carbocycles. The van der Waals surface area contributed by atoms with Gasteiger partial charge in [0.25, 0.3) is 0 Å². The molecule has 0 saturated heterocycles. The topological polar surface area (TPSA) is 50.7 Å². The summed E-state index contributed by atoms with van der Waals surface area (Å²) >= 11 is 6.44. The van der Waals surface area contributed by atoms with Crippen molar-refractivity contribution >= 4 is 41.7 Å². The molecule has 0 unspecified atom stereocenters. The number of aromatic nitrogens is 3. The van der Waals surface area contributed by atoms with E-state index < -0.39 is 31.2 Å². The summed E-state index contributed by atoms with van der Waals surface area (Å²) in [5.41, 5.74) is 1.92. The Morgan fingerprint density at radius 3 is 2.27 bits per heavy atom. The molecule has 10 heteroatoms. The van der Waals surface area contributed by atoms with Crippen molar-refractivity contribution in [2.45, 2.75) is 13.5 Å². The van der Waals surface area contributed by atoms with Crippen molar-refractivity contribution in [3.63, 3.8) is 0 Å². The molecule has 0 bridgehead atoms. The first-order chi connectivity index (χ1) is 15.6. The molecule has 0 saturated carbocycles. The molecule has 0 spiro atoms. The highest BCUT2D eigenvalue weighted by atomic mass is 35.5. The summed E-state index contributed by atoms with van der Waals surface area (Å²) in [7, 11) is -0.770. The third kappa shape index (κ3) is 4.77. The van der Waals surface area contributed by atoms with Gasteiger partial charge in [0.1, 0.15) is 28.7 Å². The highest BCUT2D eigenvalue weighted by Crippen LogP contribution is 2.35. The van der Waals surface area contributed by atoms with Gasteiger partial charge in [0.2, 0.25) is 0 Å². The second-order valence-corrected chi connectivity index (χ2v) is 10.2. The van der Waals surface area contributed by atoms with E-state index >= 15 is 0 Å². The molecule has 170 valence electrons. The summed E-state index contributed by atoms with van der Waals surface area (Å²) in [4.78, 5) is 12.8. The number of pyridine rings is 3. The van der Waals surface area contributed by atoms with Crippen LogP contribution in [0.3, 0.4) is 0 Å². The minimum Gasteiger partial charge on any atom is -0.378 e. The van der Waals surface area contributed by atoms with Crippen LogP contribution in [0.25, 0.3) is 22.3 Å². The Labute approximate surface area is 193 Å². The fourth-order valence-electron chi connectivity index (χ4n) is 3.42. The molecule has 0 fully saturated rings. The number of hydrogen-bond acceptors (Lipinski definition) is 4. The maximum absolute atomic E-state index is 14.9. The van der Waals surface area contributed by atoms with Crippen LogP contribution in [0.15, 0.2) is 36.5 Å². The van der Waals surface area contributed by atoms with Gasteiger partial charge in [-0.15, -0.1) is 0 Å². The number of aryl methyl sites for hydroxylation is 1. The molecule has 0 amide bonds. The quantitative estimate of drug-likeness (QED) is 0.267. The van der Waals surface area contributed by atoms with E-state index in [1.807, 2.05) is 13.3 Å². The van der Waals surface area contributed by atoms with E-state index in [0.29, 0.717) is 22.4 Å². The lowest BCUT2D eigenvalue weighted by molar-refractivity contribution is 0.580. The van der Waals surface area contributed by atoms with Crippen molar-refractivity contribution in [2.24, 2.45) is 0 Å². The first kappa shape index (κ1) is 23.3. The number of hydrogen-bond donors (Lipinski definition) is 1. The number of nitrogens with one attached hydrogen (secondary N) is 1. The molecule has 0 aliphatic heterocycles. The Hall–Kier alpha value is -2.83. The zero-order valence-electron chi connectivity index (χ0n) is 17.8. The molecule has 3 heterocycles. The molecule has 33 heavy (non-hydrogen) atoms. The van der Waals surface area contributed by atoms with Crippen molar-refractivity contribution in [1.29, 1.82) is 0 Å². The van der Waals surface area contributed by atoms with E-state index in [0.717, 1.165) is 6.07 Å². The molecular weight excluding hydrogens is 475 g/mol. The first-order valence-electron chi connectivity index (χ1n) is 9.82. The smallest absolute Gasteiger partial charge is 0.151 e. The lowest BCUT2D eigenvalue weighted by Gasteiger charge is -2.15. The van der Waals surface area contributed by atoms with Crippen LogP contribution >= 0.6 is 19.5 Å². The molecule has 3 aromatic heterocycles. The molecule has 4 nitrogen and oxygen atoms in total. The van der Waals surface area contributed by atoms with Gasteiger partial charge in [-0.1, -0.05) is 19.5 Å². The highest BCUT2D eigenvalue weighted by Gasteiger charge is 2.19. The van der Waals surface area contributed by atoms with E-state index in [-0.39, 0.29) is 33.9 Å². The monoisotopic (exact) mass is 492 g/mol. The molecule has 0 aliphatic carbocycles. The van der Waals surface area contributed by atoms with Crippen LogP contribution in [0.1, 0.15) is 11.3 Å². The maximum Gasteiger partial charge on any atom is 0.151 e. The van der Waals surface area contributed by atoms with Gasteiger partial charge in [0, 0.05) is 30.4 Å². The molecule has 1 N–H and O–H groups in total. The van der Waals surface area contributed by atoms with Crippen molar-refractivity contribution in [2.75, 3.05) is 18.6 Å². The SMILES string of the molecule is Cc1nc2cc(F)c(-c3cnc(P(C)C)c(F)c3)nc2c(NCc2cc(F)cc(F)c2)c1Cl. The Morgan fingerprint density at radius 2 is 1.64 bits per heavy atom. The normalized spacial score (nSPS) is 11.4. The Morgan fingerprint density at radius 1 is 0.939 bits per heavy atom. The third-order valence-corrected chi connectivity index (χ3v) is 6.57. The van der Waals surface area contributed by atoms with Gasteiger partial charge >= 0.3 is 0 Å². The van der Waals surface area contributed by atoms with Gasteiger partial charge < -0.3 is 5.32 Å². The minimum absolute atomic E-state index is 0.0305. The summed E-state index contributed by atoms with van der Waals surface area (Å²) in [6.07, 6.45) is 1.38. The van der Waals surface area contributed by atoms with Crippen LogP contribution in [0.5, 0.6) is 0 Å². The van der Waals surface area contributed by atoms with E-state index in [4.69, 9.17) is 11.6 Å². The van der Waals surface area contributed by atoms with Crippen molar-refractivity contribution in [3.8, 4) is 11.3 Å². The average Bonchev–Trinajstić information content (AvgIpc) is 2.73. The van der Waals surface area contributed by atoms with Gasteiger partial charge in [0.05, 0.1) is 27.4 Å². The van der Waals surface area contributed by atoms with Gasteiger partial charge in [-0.3, -0.25) is 4.98 Å². The molecule has 0 radical (unpaired) electrons. The first-order valence-corrected chi connectivity index (χ1v) is 12.4. The van der Waals surface area contributed by atoms with Crippen LogP contribution in [0, 0.1) is 30.2 Å². The molecule has 0 aliphatic rings. The predicted octanol–water partition coefficient (Wildman–Crippen LogP) is 6.19. The van der Waals surface area contributed by atoms with Gasteiger partial charge in [0.15, 0.2) is 5.82 Å². The minimum atomic E-state index is -0.770. The van der Waals surface area contributed by atoms with Crippen LogP contribution in [0.2, 0.25) is 5.02 Å². The maximum atomic E-state index is 14.9. The third-order valence-electron chi connectivity index (χ3n) is 4.93. The molecule has 4 aromatic rings. The van der Waals surface area contributed by atoms with Crippen molar-refractivity contribution in [1.82, 2.24) is 15.0 Å². The van der Waals surface area contributed by atoms with E-state index in [1.165, 1.54) is 30.5 Å². The predicted molar refractivity (Wildman–Crippen MR) is 125 cm³/mol. The Kier molecular flexibility index (Phi) is 6.50. The number of rotatable bonds is 5. The summed E-state index contributed by atoms with van der Waals surface area (Å²) in [6, 6.07) is 5.54. The second kappa shape index (κ2) is 9.20. The van der Waals surface area contributed by atoms with Gasteiger partial charge in [-0.2, -0.15) is 0 Å². The zero-order chi connectivity index (χ0) is 23.9. The van der Waals surface area contributed by atoms with E-state index in [1.54, 1.807) is 6.92 Å². The van der Waals surface area contributed by atoms with Crippen LogP contribution in [-0.4, -0.2) is 28.3 Å². The Balaban J connectivity index is 1.81. The summed E-state index contributed by atoms with van der Waals surface area (Å²) in [5.74, 6) is -2.65. The summed E-state index contributed by atoms with van der Waals surface area (Å²) in [6.45, 7) is 5.41. The van der Waals surface area contributed by atoms with Crippen LogP contribution < -0.4 is 10.8 Å². The zero-order valence-corrected chi connectivity index (χ0v) is 19.5. The number of anilines is 1. The molecule has 0 atom stereocenters. The number of nitrogens with zero attached hydrogens (tertiary/aromatic N) is 3. The van der Waals surface area contributed by atoms with Crippen LogP contribution in [0.4, 0.5) is 23.2 Å². The Bertz CT molecular complexity index is 1360. The summed E-state index contributed by atoms with van der Waals surface area (Å²) < 4.78 is 56.5. The summed E-state index contributed by atoms with van der Waals surface area (Å²) in [5, 5.41) is 3.25. The number of benzene rings is 1. The highest BCUT2D eigenvalue weighted by molar-refractivity contribution is 7.63. The van der Waals surface area contributed by atoms with E-state index in [9.17, 15) is 17.6 Å². The number of halogens is 5. The van der Waals surface area contributed by atoms with Crippen molar-refractivity contribution in [3.05, 3.63) is 76.1 Å². The standard InChI is InChI=1S/C23H18ClF4N4P/c1-11-19(24)22(29-9-12-4-14(25)7-15(26)5-12)21-18(31-11)8-16(27)20(32-21)13-6-17(28)23(30-10-13)33(2)3/h4-8,10H,9H2,1-3H3,(H,29,31). The van der Waals surface area contributed by atoms with Gasteiger partial charge in [-0.25, -0.2) is 27.5 Å². The lowest BCUT2D eigenvalue weighted by Crippen LogP contribution is -2.11. The molecule has 4 rings (SSSR count). The van der Waals surface area contributed by atoms with E-state index in [2.05, 4.69) is 20.3 Å². The average molecular weight is 493 g/mol. The fourth-order valence-corrected chi connectivity index (χ4v) is 4.40. The second-order valence-electron chi connectivity index (χ2n) is 7.63. The van der Waals surface area contributed by atoms with Crippen molar-refractivity contribution < 1.29 is 17.6 Å². The van der Waals surface area contributed by atoms with Gasteiger partial charge in [-0.05, 0) is 44.0 Å². The molecular formula is C23H18ClF4N4P. The lowest BCUT2D eigenvalue weighted by atomic mass is 10.1. The largest absolute Gasteiger partial charge is 0.378 e. The fraction of sp³-hybridized carbons (Fsp3) is 0.174. The van der Waals surface area contributed by atoms with Crippen LogP contribution in [-0.2, 0) is 6.54 Å². The number of fused-ring (bicyclic) bond motifs is 1.